The number of anilines is 2. The van der Waals surface area contributed by atoms with Crippen molar-refractivity contribution in [2.45, 2.75) is 6.92 Å². The molecule has 0 aliphatic rings. The number of carbonyl (C=O) groups is 2. The zero-order valence-corrected chi connectivity index (χ0v) is 14.8. The number of aromatic nitrogens is 2. The van der Waals surface area contributed by atoms with E-state index >= 15 is 0 Å². The summed E-state index contributed by atoms with van der Waals surface area (Å²) in [4.78, 5) is 31.6. The van der Waals surface area contributed by atoms with Crippen LogP contribution in [0.1, 0.15) is 15.9 Å². The molecule has 8 nitrogen and oxygen atoms in total. The number of carbonyl (C=O) groups excluding carboxylic acids is 2. The number of hydrogen-bond donors (Lipinski definition) is 3. The van der Waals surface area contributed by atoms with E-state index in [0.717, 1.165) is 12.4 Å². The van der Waals surface area contributed by atoms with E-state index in [2.05, 4.69) is 20.6 Å². The second-order valence-electron chi connectivity index (χ2n) is 5.76. The lowest BCUT2D eigenvalue weighted by Gasteiger charge is -2.11. The Kier molecular flexibility index (Phi) is 5.45. The van der Waals surface area contributed by atoms with Gasteiger partial charge in [-0.1, -0.05) is 12.1 Å². The molecule has 3 amide bonds. The van der Waals surface area contributed by atoms with Gasteiger partial charge in [0.25, 0.3) is 5.91 Å². The molecule has 9 heteroatoms. The highest BCUT2D eigenvalue weighted by atomic mass is 19.1. The van der Waals surface area contributed by atoms with Gasteiger partial charge in [-0.15, -0.1) is 0 Å². The van der Waals surface area contributed by atoms with Crippen LogP contribution in [0.15, 0.2) is 54.9 Å². The Hall–Kier alpha value is -4.01. The van der Waals surface area contributed by atoms with E-state index in [9.17, 15) is 14.0 Å². The van der Waals surface area contributed by atoms with Crippen molar-refractivity contribution in [3.8, 4) is 11.8 Å². The summed E-state index contributed by atoms with van der Waals surface area (Å²) in [5, 5.41) is 4.76. The number of nitrogens with zero attached hydrogens (tertiary/aromatic N) is 2. The van der Waals surface area contributed by atoms with Crippen LogP contribution >= 0.6 is 0 Å². The molecule has 142 valence electrons. The summed E-state index contributed by atoms with van der Waals surface area (Å²) in [6, 6.07) is 10.5. The number of aryl methyl sites for hydroxylation is 1. The molecular formula is C19H16FN5O3. The Balaban J connectivity index is 1.63. The van der Waals surface area contributed by atoms with E-state index in [1.807, 2.05) is 0 Å². The lowest BCUT2D eigenvalue weighted by atomic mass is 10.1. The van der Waals surface area contributed by atoms with Crippen LogP contribution < -0.4 is 21.1 Å². The van der Waals surface area contributed by atoms with Crippen molar-refractivity contribution in [3.63, 3.8) is 0 Å². The Morgan fingerprint density at radius 2 is 1.82 bits per heavy atom. The third-order valence-corrected chi connectivity index (χ3v) is 3.66. The Labute approximate surface area is 159 Å². The zero-order chi connectivity index (χ0) is 20.1. The van der Waals surface area contributed by atoms with Crippen LogP contribution in [0.2, 0.25) is 0 Å². The molecule has 1 aromatic heterocycles. The van der Waals surface area contributed by atoms with Crippen molar-refractivity contribution < 1.29 is 18.7 Å². The van der Waals surface area contributed by atoms with Crippen LogP contribution in [0.4, 0.5) is 20.6 Å². The predicted octanol–water partition coefficient (Wildman–Crippen LogP) is 3.26. The number of hydrogen-bond acceptors (Lipinski definition) is 6. The molecule has 3 aromatic rings. The fourth-order valence-corrected chi connectivity index (χ4v) is 2.33. The van der Waals surface area contributed by atoms with Crippen LogP contribution in [0.5, 0.6) is 11.8 Å². The highest BCUT2D eigenvalue weighted by Crippen LogP contribution is 2.25. The molecule has 0 aliphatic heterocycles. The zero-order valence-electron chi connectivity index (χ0n) is 14.8. The van der Waals surface area contributed by atoms with Crippen molar-refractivity contribution in [1.29, 1.82) is 0 Å². The molecule has 0 bridgehead atoms. The van der Waals surface area contributed by atoms with Crippen LogP contribution in [-0.2, 0) is 0 Å². The minimum atomic E-state index is -0.705. The Morgan fingerprint density at radius 1 is 1.11 bits per heavy atom. The van der Waals surface area contributed by atoms with Crippen molar-refractivity contribution >= 4 is 23.3 Å². The molecule has 0 saturated heterocycles. The maximum Gasteiger partial charge on any atom is 0.326 e. The number of para-hydroxylation sites is 1. The Bertz CT molecular complexity index is 1020. The van der Waals surface area contributed by atoms with E-state index < -0.39 is 17.8 Å². The number of nitrogens with one attached hydrogen (secondary N) is 2. The number of nitrogens with two attached hydrogens (primary N) is 1. The van der Waals surface area contributed by atoms with Crippen molar-refractivity contribution in [2.75, 3.05) is 11.1 Å². The summed E-state index contributed by atoms with van der Waals surface area (Å²) >= 11 is 0. The fourth-order valence-electron chi connectivity index (χ4n) is 2.33. The molecule has 3 rings (SSSR count). The van der Waals surface area contributed by atoms with Crippen molar-refractivity contribution in [3.05, 3.63) is 71.8 Å². The molecule has 2 aromatic carbocycles. The van der Waals surface area contributed by atoms with Gasteiger partial charge in [-0.25, -0.2) is 19.2 Å². The molecule has 0 saturated carbocycles. The average molecular weight is 381 g/mol. The maximum absolute atomic E-state index is 12.8. The van der Waals surface area contributed by atoms with Gasteiger partial charge in [0.15, 0.2) is 5.82 Å². The van der Waals surface area contributed by atoms with Crippen molar-refractivity contribution in [2.24, 2.45) is 0 Å². The molecule has 1 heterocycles. The number of halogens is 1. The molecule has 28 heavy (non-hydrogen) atoms. The topological polar surface area (TPSA) is 119 Å². The summed E-state index contributed by atoms with van der Waals surface area (Å²) in [5.74, 6) is -0.743. The third kappa shape index (κ3) is 4.58. The van der Waals surface area contributed by atoms with Gasteiger partial charge in [0.05, 0.1) is 18.0 Å². The summed E-state index contributed by atoms with van der Waals surface area (Å²) in [6.45, 7) is 1.75. The van der Waals surface area contributed by atoms with E-state index in [1.165, 1.54) is 6.07 Å². The molecule has 4 N–H and O–H groups in total. The van der Waals surface area contributed by atoms with E-state index in [-0.39, 0.29) is 17.3 Å². The maximum atomic E-state index is 12.8. The van der Waals surface area contributed by atoms with Gasteiger partial charge in [0, 0.05) is 11.4 Å². The number of benzene rings is 2. The third-order valence-electron chi connectivity index (χ3n) is 3.66. The number of ether oxygens (including phenoxy) is 1. The quantitative estimate of drug-likeness (QED) is 0.597. The molecule has 0 fully saturated rings. The highest BCUT2D eigenvalue weighted by molar-refractivity contribution is 6.10. The van der Waals surface area contributed by atoms with Gasteiger partial charge in [-0.3, -0.25) is 10.1 Å². The average Bonchev–Trinajstić information content (AvgIpc) is 2.66. The number of nitrogen functional groups attached to an aromatic ring is 1. The second-order valence-corrected chi connectivity index (χ2v) is 5.76. The van der Waals surface area contributed by atoms with Gasteiger partial charge < -0.3 is 15.8 Å². The standard InChI is InChI=1S/C19H16FN5O3/c1-11-8-13(6-7-16(11)28-19-22-9-12(20)10-23-19)24-18(27)25-17(26)14-4-2-3-5-15(14)21/h2-10H,21H2,1H3,(H2,24,25,26,27). The predicted molar refractivity (Wildman–Crippen MR) is 101 cm³/mol. The van der Waals surface area contributed by atoms with Crippen LogP contribution in [0.25, 0.3) is 0 Å². The first kappa shape index (κ1) is 18.8. The van der Waals surface area contributed by atoms with E-state index in [0.29, 0.717) is 17.0 Å². The minimum absolute atomic E-state index is 0.00556. The van der Waals surface area contributed by atoms with E-state index in [1.54, 1.807) is 43.3 Å². The first-order valence-electron chi connectivity index (χ1n) is 8.15. The van der Waals surface area contributed by atoms with Crippen LogP contribution in [-0.4, -0.2) is 21.9 Å². The summed E-state index contributed by atoms with van der Waals surface area (Å²) in [7, 11) is 0. The van der Waals surface area contributed by atoms with Crippen molar-refractivity contribution in [1.82, 2.24) is 15.3 Å². The van der Waals surface area contributed by atoms with Gasteiger partial charge in [0.2, 0.25) is 0 Å². The second kappa shape index (κ2) is 8.12. The summed E-state index contributed by atoms with van der Waals surface area (Å²) in [6.07, 6.45) is 1.99. The summed E-state index contributed by atoms with van der Waals surface area (Å²) < 4.78 is 18.3. The number of rotatable bonds is 4. The molecule has 0 atom stereocenters. The fraction of sp³-hybridized carbons (Fsp3) is 0.0526. The largest absolute Gasteiger partial charge is 0.424 e. The normalized spacial score (nSPS) is 10.2. The summed E-state index contributed by atoms with van der Waals surface area (Å²) in [5.41, 5.74) is 7.31. The Morgan fingerprint density at radius 3 is 2.50 bits per heavy atom. The van der Waals surface area contributed by atoms with Gasteiger partial charge in [-0.2, -0.15) is 0 Å². The minimum Gasteiger partial charge on any atom is -0.424 e. The van der Waals surface area contributed by atoms with Crippen LogP contribution in [0.3, 0.4) is 0 Å². The molecule has 0 radical (unpaired) electrons. The van der Waals surface area contributed by atoms with E-state index in [4.69, 9.17) is 10.5 Å². The molecule has 0 spiro atoms. The first-order chi connectivity index (χ1) is 13.4. The highest BCUT2D eigenvalue weighted by Gasteiger charge is 2.13. The van der Waals surface area contributed by atoms with Gasteiger partial charge in [-0.05, 0) is 42.8 Å². The SMILES string of the molecule is Cc1cc(NC(=O)NC(=O)c2ccccc2N)ccc1Oc1ncc(F)cn1. The first-order valence-corrected chi connectivity index (χ1v) is 8.15. The molecule has 0 aliphatic carbocycles. The number of amides is 3. The smallest absolute Gasteiger partial charge is 0.326 e. The number of urea groups is 1. The lowest BCUT2D eigenvalue weighted by molar-refractivity contribution is 0.0968. The van der Waals surface area contributed by atoms with Crippen LogP contribution in [0, 0.1) is 12.7 Å². The monoisotopic (exact) mass is 381 g/mol. The molecular weight excluding hydrogens is 365 g/mol. The van der Waals surface area contributed by atoms with Gasteiger partial charge in [0.1, 0.15) is 5.75 Å². The number of imide groups is 1. The van der Waals surface area contributed by atoms with Gasteiger partial charge >= 0.3 is 12.0 Å². The lowest BCUT2D eigenvalue weighted by Crippen LogP contribution is -2.34. The molecule has 0 unspecified atom stereocenters.